The van der Waals surface area contributed by atoms with E-state index in [0.717, 1.165) is 11.3 Å². The third-order valence-corrected chi connectivity index (χ3v) is 3.14. The zero-order valence-corrected chi connectivity index (χ0v) is 12.1. The van der Waals surface area contributed by atoms with Gasteiger partial charge in [0.25, 0.3) is 0 Å². The van der Waals surface area contributed by atoms with Crippen LogP contribution >= 0.6 is 11.6 Å². The maximum Gasteiger partial charge on any atom is 0.244 e. The summed E-state index contributed by atoms with van der Waals surface area (Å²) in [7, 11) is 0. The molecule has 1 amide bonds. The van der Waals surface area contributed by atoms with E-state index in [9.17, 15) is 4.79 Å². The van der Waals surface area contributed by atoms with E-state index in [1.165, 1.54) is 0 Å². The van der Waals surface area contributed by atoms with Crippen molar-refractivity contribution in [1.82, 2.24) is 9.78 Å². The Morgan fingerprint density at radius 2 is 2.20 bits per heavy atom. The Balaban J connectivity index is 2.24. The van der Waals surface area contributed by atoms with Gasteiger partial charge in [0, 0.05) is 28.5 Å². The summed E-state index contributed by atoms with van der Waals surface area (Å²) in [6, 6.07) is 6.73. The summed E-state index contributed by atoms with van der Waals surface area (Å²) in [4.78, 5) is 11.7. The molecule has 0 fully saturated rings. The first kappa shape index (κ1) is 14.4. The van der Waals surface area contributed by atoms with Gasteiger partial charge in [-0.2, -0.15) is 5.10 Å². The van der Waals surface area contributed by atoms with Crippen LogP contribution < -0.4 is 11.1 Å². The Hall–Kier alpha value is -2.01. The highest BCUT2D eigenvalue weighted by atomic mass is 35.5. The average molecular weight is 293 g/mol. The lowest BCUT2D eigenvalue weighted by atomic mass is 10.1. The summed E-state index contributed by atoms with van der Waals surface area (Å²) in [5.41, 5.74) is 6.93. The molecule has 20 heavy (non-hydrogen) atoms. The molecule has 0 spiro atoms. The lowest BCUT2D eigenvalue weighted by Gasteiger charge is -2.15. The lowest BCUT2D eigenvalue weighted by Crippen LogP contribution is -2.27. The van der Waals surface area contributed by atoms with Crippen LogP contribution in [0.4, 0.5) is 5.69 Å². The number of anilines is 1. The van der Waals surface area contributed by atoms with Gasteiger partial charge in [-0.3, -0.25) is 9.48 Å². The molecule has 1 unspecified atom stereocenters. The number of benzene rings is 1. The van der Waals surface area contributed by atoms with Crippen molar-refractivity contribution in [3.8, 4) is 0 Å². The summed E-state index contributed by atoms with van der Waals surface area (Å²) in [5, 5.41) is 7.89. The summed E-state index contributed by atoms with van der Waals surface area (Å²) >= 11 is 5.93. The molecule has 3 N–H and O–H groups in total. The van der Waals surface area contributed by atoms with Crippen molar-refractivity contribution < 1.29 is 4.79 Å². The molecule has 1 aromatic heterocycles. The van der Waals surface area contributed by atoms with Gasteiger partial charge < -0.3 is 11.1 Å². The van der Waals surface area contributed by atoms with Gasteiger partial charge in [-0.25, -0.2) is 0 Å². The van der Waals surface area contributed by atoms with Crippen LogP contribution in [0.3, 0.4) is 0 Å². The van der Waals surface area contributed by atoms with Crippen molar-refractivity contribution in [2.24, 2.45) is 5.73 Å². The van der Waals surface area contributed by atoms with Crippen LogP contribution in [0.25, 0.3) is 0 Å². The Labute approximate surface area is 122 Å². The highest BCUT2D eigenvalue weighted by Gasteiger charge is 2.20. The first-order valence-corrected chi connectivity index (χ1v) is 6.70. The molecule has 2 aromatic rings. The Kier molecular flexibility index (Phi) is 4.29. The molecule has 0 saturated carbocycles. The number of primary amides is 1. The van der Waals surface area contributed by atoms with Crippen molar-refractivity contribution >= 4 is 23.2 Å². The maximum atomic E-state index is 11.7. The number of nitrogens with zero attached hydrogens (tertiary/aromatic N) is 2. The average Bonchev–Trinajstić information content (AvgIpc) is 2.85. The molecule has 6 heteroatoms. The number of aromatic nitrogens is 2. The van der Waals surface area contributed by atoms with Crippen LogP contribution in [0.5, 0.6) is 0 Å². The Bertz CT molecular complexity index is 609. The minimum absolute atomic E-state index is 0.225. The fourth-order valence-electron chi connectivity index (χ4n) is 1.85. The lowest BCUT2D eigenvalue weighted by molar-refractivity contribution is -0.118. The highest BCUT2D eigenvalue weighted by molar-refractivity contribution is 6.30. The third kappa shape index (κ3) is 3.30. The Morgan fingerprint density at radius 3 is 2.75 bits per heavy atom. The van der Waals surface area contributed by atoms with Crippen LogP contribution in [0.15, 0.2) is 36.7 Å². The fourth-order valence-corrected chi connectivity index (χ4v) is 2.04. The summed E-state index contributed by atoms with van der Waals surface area (Å²) in [6.07, 6.45) is 3.46. The second-order valence-electron chi connectivity index (χ2n) is 4.84. The summed E-state index contributed by atoms with van der Waals surface area (Å²) in [6.45, 7) is 4.03. The van der Waals surface area contributed by atoms with Crippen LogP contribution in [0, 0.1) is 0 Å². The van der Waals surface area contributed by atoms with E-state index in [1.54, 1.807) is 29.1 Å². The van der Waals surface area contributed by atoms with Gasteiger partial charge in [-0.15, -0.1) is 0 Å². The molecule has 2 rings (SSSR count). The predicted molar refractivity (Wildman–Crippen MR) is 79.6 cm³/mol. The van der Waals surface area contributed by atoms with Gasteiger partial charge in [0.2, 0.25) is 5.91 Å². The topological polar surface area (TPSA) is 72.9 Å². The SMILES string of the molecule is CC(C)n1cc(C(Nc2cccc(Cl)c2)C(N)=O)cn1. The highest BCUT2D eigenvalue weighted by Crippen LogP contribution is 2.22. The van der Waals surface area contributed by atoms with Gasteiger partial charge in [0.15, 0.2) is 0 Å². The van der Waals surface area contributed by atoms with E-state index in [4.69, 9.17) is 17.3 Å². The van der Waals surface area contributed by atoms with Crippen molar-refractivity contribution in [2.75, 3.05) is 5.32 Å². The zero-order chi connectivity index (χ0) is 14.7. The fraction of sp³-hybridized carbons (Fsp3) is 0.286. The van der Waals surface area contributed by atoms with Crippen LogP contribution in [0.2, 0.25) is 5.02 Å². The van der Waals surface area contributed by atoms with Gasteiger partial charge in [-0.05, 0) is 32.0 Å². The number of hydrogen-bond donors (Lipinski definition) is 2. The monoisotopic (exact) mass is 292 g/mol. The van der Waals surface area contributed by atoms with E-state index in [0.29, 0.717) is 5.02 Å². The summed E-state index contributed by atoms with van der Waals surface area (Å²) < 4.78 is 1.78. The normalized spacial score (nSPS) is 12.4. The molecule has 0 aliphatic heterocycles. The molecule has 5 nitrogen and oxygen atoms in total. The molecular weight excluding hydrogens is 276 g/mol. The minimum Gasteiger partial charge on any atom is -0.370 e. The van der Waals surface area contributed by atoms with Crippen molar-refractivity contribution in [3.05, 3.63) is 47.2 Å². The first-order valence-electron chi connectivity index (χ1n) is 6.33. The number of halogens is 1. The largest absolute Gasteiger partial charge is 0.370 e. The maximum absolute atomic E-state index is 11.7. The third-order valence-electron chi connectivity index (χ3n) is 2.90. The number of carbonyl (C=O) groups is 1. The molecule has 1 aromatic carbocycles. The van der Waals surface area contributed by atoms with E-state index < -0.39 is 11.9 Å². The van der Waals surface area contributed by atoms with Crippen LogP contribution in [-0.2, 0) is 4.79 Å². The van der Waals surface area contributed by atoms with Crippen molar-refractivity contribution in [1.29, 1.82) is 0 Å². The van der Waals surface area contributed by atoms with Crippen LogP contribution in [0.1, 0.15) is 31.5 Å². The number of amides is 1. The molecule has 0 saturated heterocycles. The van der Waals surface area contributed by atoms with Gasteiger partial charge in [-0.1, -0.05) is 17.7 Å². The quantitative estimate of drug-likeness (QED) is 0.890. The number of nitrogens with two attached hydrogens (primary N) is 1. The molecule has 0 radical (unpaired) electrons. The van der Waals surface area contributed by atoms with Gasteiger partial charge >= 0.3 is 0 Å². The van der Waals surface area contributed by atoms with E-state index in [-0.39, 0.29) is 6.04 Å². The molecule has 0 bridgehead atoms. The molecule has 1 heterocycles. The van der Waals surface area contributed by atoms with E-state index >= 15 is 0 Å². The first-order chi connectivity index (χ1) is 9.47. The summed E-state index contributed by atoms with van der Waals surface area (Å²) in [5.74, 6) is -0.465. The van der Waals surface area contributed by atoms with E-state index in [2.05, 4.69) is 10.4 Å². The molecule has 1 atom stereocenters. The van der Waals surface area contributed by atoms with Crippen molar-refractivity contribution in [3.63, 3.8) is 0 Å². The van der Waals surface area contributed by atoms with E-state index in [1.807, 2.05) is 26.1 Å². The number of hydrogen-bond acceptors (Lipinski definition) is 3. The smallest absolute Gasteiger partial charge is 0.244 e. The number of nitrogens with one attached hydrogen (secondary N) is 1. The minimum atomic E-state index is -0.638. The zero-order valence-electron chi connectivity index (χ0n) is 11.4. The van der Waals surface area contributed by atoms with Crippen LogP contribution in [-0.4, -0.2) is 15.7 Å². The predicted octanol–water partition coefficient (Wildman–Crippen LogP) is 2.76. The van der Waals surface area contributed by atoms with Gasteiger partial charge in [0.1, 0.15) is 6.04 Å². The number of carbonyl (C=O) groups excluding carboxylic acids is 1. The molecule has 0 aliphatic carbocycles. The number of rotatable bonds is 5. The standard InChI is InChI=1S/C14H17ClN4O/c1-9(2)19-8-10(7-17-19)13(14(16)20)18-12-5-3-4-11(15)6-12/h3-9,13,18H,1-2H3,(H2,16,20). The molecule has 106 valence electrons. The van der Waals surface area contributed by atoms with Crippen molar-refractivity contribution in [2.45, 2.75) is 25.9 Å². The molecular formula is C14H17ClN4O. The second-order valence-corrected chi connectivity index (χ2v) is 5.27. The molecule has 0 aliphatic rings. The van der Waals surface area contributed by atoms with Gasteiger partial charge in [0.05, 0.1) is 6.20 Å². The Morgan fingerprint density at radius 1 is 1.45 bits per heavy atom. The second kappa shape index (κ2) is 5.96.